The van der Waals surface area contributed by atoms with E-state index >= 15 is 0 Å². The number of ketones is 1. The molecular formula is C20H21BrFIN2O2. The first-order valence-electron chi connectivity index (χ1n) is 8.94. The molecule has 0 radical (unpaired) electrons. The van der Waals surface area contributed by atoms with E-state index in [1.165, 1.54) is 6.07 Å². The van der Waals surface area contributed by atoms with Crippen LogP contribution in [0.4, 0.5) is 4.39 Å². The molecule has 0 spiro atoms. The van der Waals surface area contributed by atoms with Gasteiger partial charge in [-0.1, -0.05) is 6.07 Å². The molecule has 144 valence electrons. The minimum absolute atomic E-state index is 0.0762. The van der Waals surface area contributed by atoms with Crippen LogP contribution in [0.5, 0.6) is 0 Å². The Morgan fingerprint density at radius 1 is 1.26 bits per heavy atom. The number of ether oxygens (including phenoxy) is 1. The number of pyridine rings is 1. The summed E-state index contributed by atoms with van der Waals surface area (Å²) in [5, 5.41) is 0. The zero-order valence-corrected chi connectivity index (χ0v) is 18.6. The van der Waals surface area contributed by atoms with Gasteiger partial charge in [-0.05, 0) is 80.8 Å². The molecule has 0 atom stereocenters. The first kappa shape index (κ1) is 20.8. The summed E-state index contributed by atoms with van der Waals surface area (Å²) in [4.78, 5) is 19.4. The summed E-state index contributed by atoms with van der Waals surface area (Å²) in [6.45, 7) is 4.26. The minimum Gasteiger partial charge on any atom is -0.379 e. The first-order chi connectivity index (χ1) is 13.0. The molecule has 2 aromatic rings. The van der Waals surface area contributed by atoms with Crippen molar-refractivity contribution in [3.8, 4) is 0 Å². The Morgan fingerprint density at radius 2 is 2.04 bits per heavy atom. The van der Waals surface area contributed by atoms with Crippen molar-refractivity contribution in [1.29, 1.82) is 0 Å². The van der Waals surface area contributed by atoms with E-state index in [0.717, 1.165) is 48.4 Å². The van der Waals surface area contributed by atoms with Crippen molar-refractivity contribution in [3.63, 3.8) is 0 Å². The highest BCUT2D eigenvalue weighted by molar-refractivity contribution is 14.1. The van der Waals surface area contributed by atoms with Crippen LogP contribution in [0, 0.1) is 9.39 Å². The molecule has 0 bridgehead atoms. The smallest absolute Gasteiger partial charge is 0.163 e. The summed E-state index contributed by atoms with van der Waals surface area (Å²) in [5.74, 6) is -0.178. The number of hydrogen-bond acceptors (Lipinski definition) is 4. The summed E-state index contributed by atoms with van der Waals surface area (Å²) in [5.41, 5.74) is 1.95. The molecule has 0 saturated carbocycles. The molecule has 7 heteroatoms. The van der Waals surface area contributed by atoms with E-state index in [0.29, 0.717) is 28.6 Å². The van der Waals surface area contributed by atoms with Crippen molar-refractivity contribution in [2.75, 3.05) is 32.8 Å². The predicted molar refractivity (Wildman–Crippen MR) is 115 cm³/mol. The van der Waals surface area contributed by atoms with Crippen LogP contribution >= 0.6 is 38.5 Å². The van der Waals surface area contributed by atoms with Crippen molar-refractivity contribution >= 4 is 44.3 Å². The topological polar surface area (TPSA) is 42.4 Å². The van der Waals surface area contributed by atoms with Gasteiger partial charge >= 0.3 is 0 Å². The van der Waals surface area contributed by atoms with Crippen LogP contribution in [0.15, 0.2) is 35.1 Å². The number of rotatable bonds is 7. The third-order valence-corrected chi connectivity index (χ3v) is 5.74. The minimum atomic E-state index is -0.254. The second-order valence-corrected chi connectivity index (χ2v) is 8.62. The molecule has 1 fully saturated rings. The normalized spacial score (nSPS) is 15.1. The number of hydrogen-bond donors (Lipinski definition) is 0. The zero-order valence-electron chi connectivity index (χ0n) is 14.9. The molecule has 27 heavy (non-hydrogen) atoms. The maximum Gasteiger partial charge on any atom is 0.163 e. The van der Waals surface area contributed by atoms with Crippen LogP contribution in [0.1, 0.15) is 34.3 Å². The molecule has 0 N–H and O–H groups in total. The Balaban J connectivity index is 1.68. The summed E-state index contributed by atoms with van der Waals surface area (Å²) < 4.78 is 21.0. The Kier molecular flexibility index (Phi) is 7.75. The molecule has 2 heterocycles. The van der Waals surface area contributed by atoms with Crippen LogP contribution in [0.3, 0.4) is 0 Å². The number of nitrogens with zero attached hydrogens (tertiary/aromatic N) is 2. The van der Waals surface area contributed by atoms with Gasteiger partial charge in [0.05, 0.1) is 13.2 Å². The highest BCUT2D eigenvalue weighted by Crippen LogP contribution is 2.22. The van der Waals surface area contributed by atoms with Gasteiger partial charge in [-0.3, -0.25) is 9.69 Å². The van der Waals surface area contributed by atoms with E-state index in [-0.39, 0.29) is 11.6 Å². The van der Waals surface area contributed by atoms with Crippen molar-refractivity contribution < 1.29 is 13.9 Å². The van der Waals surface area contributed by atoms with E-state index in [4.69, 9.17) is 4.74 Å². The number of morpholine rings is 1. The maximum absolute atomic E-state index is 14.2. The second kappa shape index (κ2) is 10.0. The van der Waals surface area contributed by atoms with Gasteiger partial charge in [0, 0.05) is 41.3 Å². The number of carbonyl (C=O) groups is 1. The number of halogens is 3. The van der Waals surface area contributed by atoms with E-state index in [2.05, 4.69) is 48.4 Å². The highest BCUT2D eigenvalue weighted by Gasteiger charge is 2.16. The summed E-state index contributed by atoms with van der Waals surface area (Å²) in [7, 11) is 0. The third-order valence-electron chi connectivity index (χ3n) is 4.63. The monoisotopic (exact) mass is 546 g/mol. The molecule has 0 amide bonds. The summed E-state index contributed by atoms with van der Waals surface area (Å²) >= 11 is 5.43. The Hall–Kier alpha value is -0.900. The van der Waals surface area contributed by atoms with Crippen LogP contribution in [-0.2, 0) is 11.2 Å². The van der Waals surface area contributed by atoms with Gasteiger partial charge in [0.15, 0.2) is 5.78 Å². The van der Waals surface area contributed by atoms with Gasteiger partial charge in [-0.25, -0.2) is 9.37 Å². The summed E-state index contributed by atoms with van der Waals surface area (Å²) in [6.07, 6.45) is 3.29. The van der Waals surface area contributed by atoms with E-state index in [1.807, 2.05) is 6.07 Å². The van der Waals surface area contributed by atoms with E-state index in [9.17, 15) is 9.18 Å². The molecule has 0 unspecified atom stereocenters. The molecule has 1 aromatic heterocycles. The fourth-order valence-corrected chi connectivity index (χ4v) is 3.94. The van der Waals surface area contributed by atoms with Crippen LogP contribution in [0.2, 0.25) is 0 Å². The lowest BCUT2D eigenvalue weighted by atomic mass is 9.97. The number of aromatic nitrogens is 1. The fraction of sp³-hybridized carbons (Fsp3) is 0.400. The molecule has 1 aliphatic rings. The van der Waals surface area contributed by atoms with Gasteiger partial charge < -0.3 is 4.74 Å². The predicted octanol–water partition coefficient (Wildman–Crippen LogP) is 4.47. The molecule has 1 aliphatic heterocycles. The van der Waals surface area contributed by atoms with Crippen molar-refractivity contribution in [1.82, 2.24) is 9.88 Å². The number of carbonyl (C=O) groups excluding carboxylic acids is 1. The molecule has 4 nitrogen and oxygen atoms in total. The molecule has 0 aliphatic carbocycles. The average Bonchev–Trinajstić information content (AvgIpc) is 2.66. The number of Topliss-reactive ketones (excluding diaryl/α,β-unsaturated/α-hetero) is 1. The fourth-order valence-electron chi connectivity index (χ4n) is 3.15. The molecule has 3 rings (SSSR count). The second-order valence-electron chi connectivity index (χ2n) is 6.56. The maximum atomic E-state index is 14.2. The van der Waals surface area contributed by atoms with Crippen LogP contribution in [-0.4, -0.2) is 48.5 Å². The summed E-state index contributed by atoms with van der Waals surface area (Å²) in [6, 6.07) is 6.89. The van der Waals surface area contributed by atoms with E-state index < -0.39 is 0 Å². The molecular weight excluding hydrogens is 526 g/mol. The largest absolute Gasteiger partial charge is 0.379 e. The zero-order chi connectivity index (χ0) is 19.2. The van der Waals surface area contributed by atoms with Crippen molar-refractivity contribution in [3.05, 3.63) is 61.1 Å². The lowest BCUT2D eigenvalue weighted by Gasteiger charge is -2.26. The van der Waals surface area contributed by atoms with Crippen molar-refractivity contribution in [2.24, 2.45) is 0 Å². The Labute approximate surface area is 180 Å². The van der Waals surface area contributed by atoms with Gasteiger partial charge in [0.2, 0.25) is 0 Å². The van der Waals surface area contributed by atoms with Gasteiger partial charge in [0.25, 0.3) is 0 Å². The van der Waals surface area contributed by atoms with Crippen molar-refractivity contribution in [2.45, 2.75) is 19.3 Å². The lowest BCUT2D eigenvalue weighted by Crippen LogP contribution is -2.36. The highest BCUT2D eigenvalue weighted by atomic mass is 127. The van der Waals surface area contributed by atoms with E-state index in [1.54, 1.807) is 18.3 Å². The van der Waals surface area contributed by atoms with Gasteiger partial charge in [0.1, 0.15) is 10.4 Å². The Morgan fingerprint density at radius 3 is 2.78 bits per heavy atom. The molecule has 1 aromatic carbocycles. The third kappa shape index (κ3) is 6.04. The van der Waals surface area contributed by atoms with Gasteiger partial charge in [-0.2, -0.15) is 0 Å². The lowest BCUT2D eigenvalue weighted by molar-refractivity contribution is 0.0371. The average molecular weight is 547 g/mol. The van der Waals surface area contributed by atoms with Crippen LogP contribution in [0.25, 0.3) is 0 Å². The Bertz CT molecular complexity index is 813. The quantitative estimate of drug-likeness (QED) is 0.292. The SMILES string of the molecule is O=C(CCCN1CCOCC1)c1cc(Br)ncc1Cc1ccc(I)cc1F. The van der Waals surface area contributed by atoms with Crippen LogP contribution < -0.4 is 0 Å². The standard InChI is InChI=1S/C20H21BrFIN2O2/c21-20-12-17(19(26)2-1-5-25-6-8-27-9-7-25)15(13-24-20)10-14-3-4-16(23)11-18(14)22/h3-4,11-13H,1-2,5-10H2. The first-order valence-corrected chi connectivity index (χ1v) is 10.8. The number of benzene rings is 1. The van der Waals surface area contributed by atoms with Gasteiger partial charge in [-0.15, -0.1) is 0 Å². The molecule has 1 saturated heterocycles.